The number of hydrogen-bond donors (Lipinski definition) is 0. The summed E-state index contributed by atoms with van der Waals surface area (Å²) >= 11 is 0. The Labute approximate surface area is 92.0 Å². The van der Waals surface area contributed by atoms with E-state index in [1.807, 2.05) is 12.2 Å². The first-order chi connectivity index (χ1) is 7.06. The number of hydrogen-bond acceptors (Lipinski definition) is 2. The normalized spacial score (nSPS) is 36.1. The second-order valence-corrected chi connectivity index (χ2v) is 5.36. The van der Waals surface area contributed by atoms with Crippen molar-refractivity contribution < 1.29 is 9.47 Å². The Kier molecular flexibility index (Phi) is 2.52. The van der Waals surface area contributed by atoms with E-state index >= 15 is 0 Å². The topological polar surface area (TPSA) is 18.5 Å². The van der Waals surface area contributed by atoms with Crippen molar-refractivity contribution in [1.29, 1.82) is 0 Å². The van der Waals surface area contributed by atoms with Crippen LogP contribution in [-0.4, -0.2) is 19.0 Å². The molecule has 0 bridgehead atoms. The third-order valence-electron chi connectivity index (χ3n) is 3.36. The second kappa shape index (κ2) is 3.46. The second-order valence-electron chi connectivity index (χ2n) is 5.36. The Morgan fingerprint density at radius 3 is 2.33 bits per heavy atom. The van der Waals surface area contributed by atoms with E-state index in [9.17, 15) is 0 Å². The molecule has 1 aliphatic heterocycles. The maximum absolute atomic E-state index is 5.92. The highest BCUT2D eigenvalue weighted by Crippen LogP contribution is 2.59. The van der Waals surface area contributed by atoms with Crippen LogP contribution in [0.15, 0.2) is 25.3 Å². The van der Waals surface area contributed by atoms with Crippen LogP contribution in [0.1, 0.15) is 20.3 Å². The molecule has 2 nitrogen and oxygen atoms in total. The SMILES string of the molecule is C=CC[C@H]1[C@@H](C=C)C12OCC(C)(C)CO2. The fourth-order valence-corrected chi connectivity index (χ4v) is 2.36. The van der Waals surface area contributed by atoms with Crippen LogP contribution >= 0.6 is 0 Å². The summed E-state index contributed by atoms with van der Waals surface area (Å²) in [5.74, 6) is 0.390. The van der Waals surface area contributed by atoms with E-state index < -0.39 is 0 Å². The average Bonchev–Trinajstić information content (AvgIpc) is 2.80. The summed E-state index contributed by atoms with van der Waals surface area (Å²) < 4.78 is 11.8. The van der Waals surface area contributed by atoms with E-state index in [2.05, 4.69) is 27.0 Å². The summed E-state index contributed by atoms with van der Waals surface area (Å²) in [7, 11) is 0. The summed E-state index contributed by atoms with van der Waals surface area (Å²) in [6, 6.07) is 0. The van der Waals surface area contributed by atoms with E-state index in [0.717, 1.165) is 19.6 Å². The third kappa shape index (κ3) is 1.66. The van der Waals surface area contributed by atoms with Crippen LogP contribution in [-0.2, 0) is 9.47 Å². The lowest BCUT2D eigenvalue weighted by atomic mass is 9.95. The zero-order valence-corrected chi connectivity index (χ0v) is 9.66. The fourth-order valence-electron chi connectivity index (χ4n) is 2.36. The standard InChI is InChI=1S/C13H20O2/c1-5-7-11-10(6-2)13(11)14-8-12(3,4)9-15-13/h5-6,10-11H,1-2,7-9H2,3-4H3/t10-,11+/m1/s1. The minimum absolute atomic E-state index is 0.137. The molecule has 2 rings (SSSR count). The van der Waals surface area contributed by atoms with Gasteiger partial charge < -0.3 is 9.47 Å². The zero-order chi connectivity index (χ0) is 11.1. The van der Waals surface area contributed by atoms with Crippen molar-refractivity contribution in [3.05, 3.63) is 25.3 Å². The van der Waals surface area contributed by atoms with E-state index in [4.69, 9.17) is 9.47 Å². The lowest BCUT2D eigenvalue weighted by Gasteiger charge is -2.36. The molecule has 1 aliphatic carbocycles. The van der Waals surface area contributed by atoms with Gasteiger partial charge in [0.2, 0.25) is 0 Å². The first-order valence-electron chi connectivity index (χ1n) is 5.57. The molecular formula is C13H20O2. The summed E-state index contributed by atoms with van der Waals surface area (Å²) in [5, 5.41) is 0. The summed E-state index contributed by atoms with van der Waals surface area (Å²) in [5.41, 5.74) is 0.137. The molecule has 0 N–H and O–H groups in total. The summed E-state index contributed by atoms with van der Waals surface area (Å²) in [4.78, 5) is 0. The van der Waals surface area contributed by atoms with Crippen LogP contribution in [0.3, 0.4) is 0 Å². The molecule has 0 aromatic heterocycles. The Morgan fingerprint density at radius 1 is 1.27 bits per heavy atom. The quantitative estimate of drug-likeness (QED) is 0.664. The molecule has 1 spiro atoms. The molecule has 84 valence electrons. The van der Waals surface area contributed by atoms with Crippen LogP contribution in [0.2, 0.25) is 0 Å². The maximum atomic E-state index is 5.92. The lowest BCUT2D eigenvalue weighted by Crippen LogP contribution is -2.41. The highest BCUT2D eigenvalue weighted by atomic mass is 16.7. The van der Waals surface area contributed by atoms with E-state index in [-0.39, 0.29) is 11.2 Å². The molecular weight excluding hydrogens is 188 g/mol. The fraction of sp³-hybridized carbons (Fsp3) is 0.692. The molecule has 15 heavy (non-hydrogen) atoms. The molecule has 2 fully saturated rings. The van der Waals surface area contributed by atoms with Gasteiger partial charge in [0.1, 0.15) is 0 Å². The van der Waals surface area contributed by atoms with Gasteiger partial charge in [-0.3, -0.25) is 0 Å². The molecule has 0 amide bonds. The van der Waals surface area contributed by atoms with Crippen LogP contribution in [0.5, 0.6) is 0 Å². The highest BCUT2D eigenvalue weighted by Gasteiger charge is 2.67. The molecule has 0 aromatic rings. The van der Waals surface area contributed by atoms with Gasteiger partial charge in [0.15, 0.2) is 5.79 Å². The molecule has 1 heterocycles. The maximum Gasteiger partial charge on any atom is 0.178 e. The first-order valence-corrected chi connectivity index (χ1v) is 5.57. The van der Waals surface area contributed by atoms with Gasteiger partial charge in [-0.15, -0.1) is 13.2 Å². The van der Waals surface area contributed by atoms with Crippen molar-refractivity contribution in [3.8, 4) is 0 Å². The van der Waals surface area contributed by atoms with Crippen LogP contribution in [0, 0.1) is 17.3 Å². The van der Waals surface area contributed by atoms with Crippen LogP contribution in [0.4, 0.5) is 0 Å². The third-order valence-corrected chi connectivity index (χ3v) is 3.36. The zero-order valence-electron chi connectivity index (χ0n) is 9.66. The van der Waals surface area contributed by atoms with Gasteiger partial charge in [-0.05, 0) is 6.42 Å². The van der Waals surface area contributed by atoms with Crippen molar-refractivity contribution in [3.63, 3.8) is 0 Å². The first kappa shape index (κ1) is 10.9. The van der Waals surface area contributed by atoms with Crippen LogP contribution < -0.4 is 0 Å². The highest BCUT2D eigenvalue weighted by molar-refractivity contribution is 5.17. The van der Waals surface area contributed by atoms with Crippen molar-refractivity contribution in [2.75, 3.05) is 13.2 Å². The van der Waals surface area contributed by atoms with Crippen molar-refractivity contribution in [2.24, 2.45) is 17.3 Å². The van der Waals surface area contributed by atoms with Gasteiger partial charge in [-0.2, -0.15) is 0 Å². The molecule has 2 aliphatic rings. The van der Waals surface area contributed by atoms with Gasteiger partial charge >= 0.3 is 0 Å². The monoisotopic (exact) mass is 208 g/mol. The van der Waals surface area contributed by atoms with E-state index in [1.165, 1.54) is 0 Å². The van der Waals surface area contributed by atoms with Crippen molar-refractivity contribution >= 4 is 0 Å². The largest absolute Gasteiger partial charge is 0.348 e. The molecule has 0 unspecified atom stereocenters. The summed E-state index contributed by atoms with van der Waals surface area (Å²) in [6.07, 6.45) is 4.83. The molecule has 2 heteroatoms. The Balaban J connectivity index is 2.04. The Hall–Kier alpha value is -0.600. The van der Waals surface area contributed by atoms with Gasteiger partial charge in [0, 0.05) is 17.3 Å². The predicted molar refractivity (Wildman–Crippen MR) is 60.4 cm³/mol. The Morgan fingerprint density at radius 2 is 1.87 bits per heavy atom. The number of allylic oxidation sites excluding steroid dienone is 1. The smallest absolute Gasteiger partial charge is 0.178 e. The lowest BCUT2D eigenvalue weighted by molar-refractivity contribution is -0.254. The molecule has 1 saturated heterocycles. The van der Waals surface area contributed by atoms with Gasteiger partial charge in [0.05, 0.1) is 13.2 Å². The van der Waals surface area contributed by atoms with Gasteiger partial charge in [-0.25, -0.2) is 0 Å². The molecule has 0 radical (unpaired) electrons. The average molecular weight is 208 g/mol. The molecule has 1 saturated carbocycles. The predicted octanol–water partition coefficient (Wildman–Crippen LogP) is 2.76. The minimum atomic E-state index is -0.370. The van der Waals surface area contributed by atoms with Gasteiger partial charge in [0.25, 0.3) is 0 Å². The number of rotatable bonds is 3. The Bertz CT molecular complexity index is 270. The molecule has 2 atom stereocenters. The number of ether oxygens (including phenoxy) is 2. The van der Waals surface area contributed by atoms with E-state index in [1.54, 1.807) is 0 Å². The van der Waals surface area contributed by atoms with Crippen molar-refractivity contribution in [2.45, 2.75) is 26.1 Å². The van der Waals surface area contributed by atoms with Gasteiger partial charge in [-0.1, -0.05) is 26.0 Å². The van der Waals surface area contributed by atoms with Crippen molar-refractivity contribution in [1.82, 2.24) is 0 Å². The van der Waals surface area contributed by atoms with E-state index in [0.29, 0.717) is 11.8 Å². The van der Waals surface area contributed by atoms with Crippen LogP contribution in [0.25, 0.3) is 0 Å². The summed E-state index contributed by atoms with van der Waals surface area (Å²) in [6.45, 7) is 13.5. The minimum Gasteiger partial charge on any atom is -0.348 e. The molecule has 0 aromatic carbocycles.